The molecular formula is C22H16F7N3NaO2. The van der Waals surface area contributed by atoms with Crippen LogP contribution in [0.4, 0.5) is 30.7 Å². The Labute approximate surface area is 215 Å². The van der Waals surface area contributed by atoms with Crippen LogP contribution in [0.2, 0.25) is 0 Å². The van der Waals surface area contributed by atoms with E-state index in [0.717, 1.165) is 24.3 Å². The van der Waals surface area contributed by atoms with Gasteiger partial charge in [0, 0.05) is 41.0 Å². The van der Waals surface area contributed by atoms with Gasteiger partial charge in [-0.15, -0.1) is 13.2 Å². The van der Waals surface area contributed by atoms with Gasteiger partial charge < -0.3 is 14.2 Å². The molecule has 2 aromatic carbocycles. The number of benzene rings is 2. The van der Waals surface area contributed by atoms with Crippen molar-refractivity contribution < 1.29 is 40.0 Å². The predicted octanol–water partition coefficient (Wildman–Crippen LogP) is 6.86. The number of aromatic nitrogens is 3. The second kappa shape index (κ2) is 9.14. The average molecular weight is 510 g/mol. The third kappa shape index (κ3) is 5.65. The summed E-state index contributed by atoms with van der Waals surface area (Å²) in [6.45, 7) is 5.57. The number of ether oxygens (including phenoxy) is 1. The quantitative estimate of drug-likeness (QED) is 0.242. The maximum absolute atomic E-state index is 14.5. The van der Waals surface area contributed by atoms with Gasteiger partial charge in [-0.2, -0.15) is 13.2 Å². The van der Waals surface area contributed by atoms with Crippen molar-refractivity contribution in [3.63, 3.8) is 0 Å². The molecule has 0 fully saturated rings. The number of imidazole rings is 1. The van der Waals surface area contributed by atoms with E-state index in [0.29, 0.717) is 11.8 Å². The number of rotatable bonds is 3. The third-order valence-electron chi connectivity index (χ3n) is 4.90. The Morgan fingerprint density at radius 2 is 1.66 bits per heavy atom. The van der Waals surface area contributed by atoms with Gasteiger partial charge in [-0.1, -0.05) is 32.0 Å². The number of alkyl halides is 6. The molecule has 2 heterocycles. The maximum Gasteiger partial charge on any atom is 0.573 e. The first-order valence-electron chi connectivity index (χ1n) is 9.76. The van der Waals surface area contributed by atoms with Gasteiger partial charge in [-0.3, -0.25) is 0 Å². The Hall–Kier alpha value is -2.57. The molecule has 4 aromatic rings. The van der Waals surface area contributed by atoms with Crippen molar-refractivity contribution in [2.75, 3.05) is 0 Å². The van der Waals surface area contributed by atoms with Crippen molar-refractivity contribution >= 4 is 40.6 Å². The van der Waals surface area contributed by atoms with Crippen molar-refractivity contribution in [3.8, 4) is 28.5 Å². The van der Waals surface area contributed by atoms with Crippen LogP contribution in [0.1, 0.15) is 32.0 Å². The summed E-state index contributed by atoms with van der Waals surface area (Å²) in [6, 6.07) is 5.65. The first-order chi connectivity index (χ1) is 15.6. The van der Waals surface area contributed by atoms with Crippen LogP contribution in [0, 0.1) is 5.82 Å². The summed E-state index contributed by atoms with van der Waals surface area (Å²) in [5.41, 5.74) is -3.13. The van der Waals surface area contributed by atoms with Crippen LogP contribution < -0.4 is 4.74 Å². The zero-order valence-corrected chi connectivity index (χ0v) is 20.8. The van der Waals surface area contributed by atoms with Crippen LogP contribution in [0.15, 0.2) is 40.9 Å². The molecule has 0 saturated heterocycles. The Balaban J connectivity index is 0.00000342. The molecule has 0 aliphatic heterocycles. The van der Waals surface area contributed by atoms with Crippen molar-refractivity contribution in [2.24, 2.45) is 0 Å². The van der Waals surface area contributed by atoms with Crippen LogP contribution >= 0.6 is 0 Å². The molecule has 1 radical (unpaired) electrons. The standard InChI is InChI=1S/C22H16F7N3O2.Na/c1-20(2,3)16-9-15(34-32-16)19-30-13-8-10(7-11(18(13)31-19)21(24,25)26)17-12(23)5-4-6-14(17)33-22(27,28)29;/h4-9H,1-3H3,(H,30,31);. The van der Waals surface area contributed by atoms with E-state index in [1.807, 2.05) is 20.8 Å². The normalized spacial score (nSPS) is 12.6. The molecule has 0 bridgehead atoms. The molecule has 13 heteroatoms. The van der Waals surface area contributed by atoms with Crippen LogP contribution in [-0.2, 0) is 11.6 Å². The van der Waals surface area contributed by atoms with Crippen LogP contribution in [0.3, 0.4) is 0 Å². The van der Waals surface area contributed by atoms with E-state index in [-0.39, 0.29) is 46.7 Å². The van der Waals surface area contributed by atoms with Gasteiger partial charge in [-0.25, -0.2) is 9.37 Å². The smallest absolute Gasteiger partial charge is 0.405 e. The molecule has 5 nitrogen and oxygen atoms in total. The van der Waals surface area contributed by atoms with E-state index in [2.05, 4.69) is 19.9 Å². The van der Waals surface area contributed by atoms with Crippen LogP contribution in [0.5, 0.6) is 5.75 Å². The molecule has 0 aliphatic rings. The van der Waals surface area contributed by atoms with Crippen LogP contribution in [-0.4, -0.2) is 51.0 Å². The molecule has 0 unspecified atom stereocenters. The molecular weight excluding hydrogens is 494 g/mol. The third-order valence-corrected chi connectivity index (χ3v) is 4.90. The van der Waals surface area contributed by atoms with E-state index in [4.69, 9.17) is 4.52 Å². The monoisotopic (exact) mass is 510 g/mol. The molecule has 181 valence electrons. The zero-order chi connectivity index (χ0) is 25.1. The zero-order valence-electron chi connectivity index (χ0n) is 18.8. The topological polar surface area (TPSA) is 63.9 Å². The average Bonchev–Trinajstić information content (AvgIpc) is 3.32. The molecule has 0 aliphatic carbocycles. The van der Waals surface area contributed by atoms with Gasteiger partial charge in [0.05, 0.1) is 27.9 Å². The van der Waals surface area contributed by atoms with E-state index < -0.39 is 51.7 Å². The number of nitrogens with one attached hydrogen (secondary N) is 1. The Kier molecular flexibility index (Phi) is 7.06. The molecule has 1 N–H and O–H groups in total. The van der Waals surface area contributed by atoms with Gasteiger partial charge in [0.25, 0.3) is 0 Å². The second-order valence-electron chi connectivity index (χ2n) is 8.49. The number of aromatic amines is 1. The van der Waals surface area contributed by atoms with Gasteiger partial charge >= 0.3 is 12.5 Å². The molecule has 4 rings (SSSR count). The van der Waals surface area contributed by atoms with Gasteiger partial charge in [0.2, 0.25) is 5.76 Å². The Bertz CT molecular complexity index is 1370. The van der Waals surface area contributed by atoms with Crippen molar-refractivity contribution in [1.29, 1.82) is 0 Å². The second-order valence-corrected chi connectivity index (χ2v) is 8.49. The molecule has 0 atom stereocenters. The summed E-state index contributed by atoms with van der Waals surface area (Å²) in [6.07, 6.45) is -10.1. The van der Waals surface area contributed by atoms with Crippen LogP contribution in [0.25, 0.3) is 33.7 Å². The molecule has 0 saturated carbocycles. The van der Waals surface area contributed by atoms with E-state index in [1.54, 1.807) is 0 Å². The predicted molar refractivity (Wildman–Crippen MR) is 113 cm³/mol. The summed E-state index contributed by atoms with van der Waals surface area (Å²) in [5, 5.41) is 3.90. The van der Waals surface area contributed by atoms with E-state index in [1.165, 1.54) is 6.07 Å². The Morgan fingerprint density at radius 3 is 2.23 bits per heavy atom. The number of hydrogen-bond acceptors (Lipinski definition) is 4. The maximum atomic E-state index is 14.5. The van der Waals surface area contributed by atoms with Gasteiger partial charge in [-0.05, 0) is 29.8 Å². The summed E-state index contributed by atoms with van der Waals surface area (Å²) in [5.74, 6) is -2.21. The Morgan fingerprint density at radius 1 is 0.971 bits per heavy atom. The van der Waals surface area contributed by atoms with Gasteiger partial charge in [0.1, 0.15) is 11.6 Å². The minimum absolute atomic E-state index is 0. The number of hydrogen-bond donors (Lipinski definition) is 1. The number of H-pyrrole nitrogens is 1. The fourth-order valence-electron chi connectivity index (χ4n) is 3.33. The SMILES string of the molecule is CC(C)(C)c1cc(-c2nc3cc(-c4c(F)cccc4OC(F)(F)F)cc(C(F)(F)F)c3[nH]2)on1.[Na]. The van der Waals surface area contributed by atoms with Crippen molar-refractivity contribution in [2.45, 2.75) is 38.7 Å². The summed E-state index contributed by atoms with van der Waals surface area (Å²) in [4.78, 5) is 6.63. The summed E-state index contributed by atoms with van der Waals surface area (Å²) >= 11 is 0. The van der Waals surface area contributed by atoms with E-state index in [9.17, 15) is 30.7 Å². The minimum Gasteiger partial charge on any atom is -0.405 e. The van der Waals surface area contributed by atoms with E-state index >= 15 is 0 Å². The number of halogens is 7. The fourth-order valence-corrected chi connectivity index (χ4v) is 3.33. The first kappa shape index (κ1) is 27.0. The summed E-state index contributed by atoms with van der Waals surface area (Å²) < 4.78 is 104. The fraction of sp³-hybridized carbons (Fsp3) is 0.273. The first-order valence-corrected chi connectivity index (χ1v) is 9.76. The summed E-state index contributed by atoms with van der Waals surface area (Å²) in [7, 11) is 0. The minimum atomic E-state index is -5.18. The van der Waals surface area contributed by atoms with Crippen molar-refractivity contribution in [1.82, 2.24) is 15.1 Å². The molecule has 2 aromatic heterocycles. The van der Waals surface area contributed by atoms with Gasteiger partial charge in [0.15, 0.2) is 5.82 Å². The number of nitrogens with zero attached hydrogens (tertiary/aromatic N) is 2. The molecule has 0 amide bonds. The molecule has 35 heavy (non-hydrogen) atoms. The van der Waals surface area contributed by atoms with Crippen molar-refractivity contribution in [3.05, 3.63) is 53.5 Å². The molecule has 0 spiro atoms. The largest absolute Gasteiger partial charge is 0.573 e. The number of fused-ring (bicyclic) bond motifs is 1.